The molecule has 1 aromatic carbocycles. The Labute approximate surface area is 140 Å². The Kier molecular flexibility index (Phi) is 3.66. The summed E-state index contributed by atoms with van der Waals surface area (Å²) in [5.41, 5.74) is 3.52. The highest BCUT2D eigenvalue weighted by Gasteiger charge is 2.38. The van der Waals surface area contributed by atoms with Gasteiger partial charge in [0.25, 0.3) is 0 Å². The maximum atomic E-state index is 12.0. The molecule has 2 aromatic rings. The van der Waals surface area contributed by atoms with Crippen molar-refractivity contribution >= 4 is 22.4 Å². The van der Waals surface area contributed by atoms with Crippen molar-refractivity contribution in [1.82, 2.24) is 9.78 Å². The molecule has 6 nitrogen and oxygen atoms in total. The molecule has 6 heteroatoms. The molecule has 2 aliphatic rings. The molecular formula is C18H20N2O4. The molecule has 1 spiro atoms. The zero-order chi connectivity index (χ0) is 16.7. The molecule has 24 heavy (non-hydrogen) atoms. The second-order valence-electron chi connectivity index (χ2n) is 6.26. The average Bonchev–Trinajstić information content (AvgIpc) is 3.20. The van der Waals surface area contributed by atoms with Gasteiger partial charge in [-0.1, -0.05) is 12.1 Å². The zero-order valence-corrected chi connectivity index (χ0v) is 13.9. The van der Waals surface area contributed by atoms with Crippen LogP contribution in [0.5, 0.6) is 0 Å². The first kappa shape index (κ1) is 15.4. The van der Waals surface area contributed by atoms with Crippen LogP contribution in [0, 0.1) is 0 Å². The maximum Gasteiger partial charge on any atom is 0.340 e. The summed E-state index contributed by atoms with van der Waals surface area (Å²) in [5.74, 6) is -0.793. The van der Waals surface area contributed by atoms with Crippen molar-refractivity contribution in [3.8, 4) is 0 Å². The number of hydrogen-bond acceptors (Lipinski definition) is 5. The number of benzene rings is 1. The molecule has 1 aliphatic heterocycles. The van der Waals surface area contributed by atoms with E-state index in [9.17, 15) is 4.79 Å². The van der Waals surface area contributed by atoms with Gasteiger partial charge in [0.05, 0.1) is 25.9 Å². The molecule has 0 N–H and O–H groups in total. The molecule has 1 fully saturated rings. The summed E-state index contributed by atoms with van der Waals surface area (Å²) in [5, 5.41) is 5.42. The number of aryl methyl sites for hydroxylation is 1. The fourth-order valence-corrected chi connectivity index (χ4v) is 3.59. The summed E-state index contributed by atoms with van der Waals surface area (Å²) >= 11 is 0. The molecule has 0 amide bonds. The Bertz CT molecular complexity index is 831. The average molecular weight is 328 g/mol. The highest BCUT2D eigenvalue weighted by molar-refractivity contribution is 6.05. The summed E-state index contributed by atoms with van der Waals surface area (Å²) in [6, 6.07) is 3.78. The number of fused-ring (bicyclic) bond motifs is 1. The summed E-state index contributed by atoms with van der Waals surface area (Å²) < 4.78 is 18.2. The van der Waals surface area contributed by atoms with Crippen LogP contribution in [-0.4, -0.2) is 41.9 Å². The van der Waals surface area contributed by atoms with Crippen LogP contribution in [0.3, 0.4) is 0 Å². The quantitative estimate of drug-likeness (QED) is 0.793. The highest BCUT2D eigenvalue weighted by Crippen LogP contribution is 2.40. The van der Waals surface area contributed by atoms with E-state index in [1.54, 1.807) is 10.7 Å². The number of nitrogens with zero attached hydrogens (tertiary/aromatic N) is 2. The summed E-state index contributed by atoms with van der Waals surface area (Å²) in [4.78, 5) is 12.0. The van der Waals surface area contributed by atoms with Gasteiger partial charge in [0, 0.05) is 31.5 Å². The molecule has 0 unspecified atom stereocenters. The topological polar surface area (TPSA) is 62.6 Å². The lowest BCUT2D eigenvalue weighted by Crippen LogP contribution is -2.31. The number of esters is 1. The van der Waals surface area contributed by atoms with Crippen molar-refractivity contribution in [2.45, 2.75) is 25.0 Å². The van der Waals surface area contributed by atoms with Gasteiger partial charge < -0.3 is 14.2 Å². The number of rotatable bonds is 2. The Morgan fingerprint density at radius 3 is 2.79 bits per heavy atom. The second kappa shape index (κ2) is 5.72. The molecule has 0 bridgehead atoms. The minimum atomic E-state index is -0.427. The number of carbonyl (C=O) groups is 1. The second-order valence-corrected chi connectivity index (χ2v) is 6.26. The van der Waals surface area contributed by atoms with E-state index >= 15 is 0 Å². The van der Waals surface area contributed by atoms with E-state index in [0.29, 0.717) is 24.3 Å². The van der Waals surface area contributed by atoms with Crippen molar-refractivity contribution in [2.75, 3.05) is 20.3 Å². The van der Waals surface area contributed by atoms with E-state index in [-0.39, 0.29) is 5.97 Å². The van der Waals surface area contributed by atoms with Gasteiger partial charge in [0.1, 0.15) is 5.52 Å². The van der Waals surface area contributed by atoms with Gasteiger partial charge in [-0.3, -0.25) is 4.68 Å². The molecular weight excluding hydrogens is 308 g/mol. The first-order chi connectivity index (χ1) is 11.6. The van der Waals surface area contributed by atoms with E-state index in [0.717, 1.165) is 30.2 Å². The molecule has 0 saturated carbocycles. The number of methoxy groups -OCH3 is 1. The van der Waals surface area contributed by atoms with Crippen molar-refractivity contribution < 1.29 is 19.0 Å². The summed E-state index contributed by atoms with van der Waals surface area (Å²) in [6.45, 7) is 1.34. The minimum absolute atomic E-state index is 0.366. The van der Waals surface area contributed by atoms with Gasteiger partial charge in [-0.25, -0.2) is 4.79 Å². The van der Waals surface area contributed by atoms with Crippen LogP contribution < -0.4 is 0 Å². The summed E-state index contributed by atoms with van der Waals surface area (Å²) in [6.07, 6.45) is 6.61. The first-order valence-electron chi connectivity index (χ1n) is 8.14. The van der Waals surface area contributed by atoms with Crippen LogP contribution in [0.1, 0.15) is 35.2 Å². The van der Waals surface area contributed by atoms with Crippen LogP contribution in [-0.2, 0) is 21.3 Å². The Morgan fingerprint density at radius 1 is 1.33 bits per heavy atom. The fraction of sp³-hybridized carbons (Fsp3) is 0.444. The van der Waals surface area contributed by atoms with Crippen LogP contribution in [0.2, 0.25) is 0 Å². The number of ether oxygens (including phenoxy) is 3. The largest absolute Gasteiger partial charge is 0.465 e. The first-order valence-corrected chi connectivity index (χ1v) is 8.14. The van der Waals surface area contributed by atoms with Crippen molar-refractivity contribution in [1.29, 1.82) is 0 Å². The number of aromatic nitrogens is 2. The highest BCUT2D eigenvalue weighted by atomic mass is 16.7. The van der Waals surface area contributed by atoms with Gasteiger partial charge >= 0.3 is 5.97 Å². The van der Waals surface area contributed by atoms with Crippen LogP contribution in [0.15, 0.2) is 24.4 Å². The van der Waals surface area contributed by atoms with Crippen LogP contribution in [0.4, 0.5) is 0 Å². The SMILES string of the molecule is COC(=O)c1ccc(C2=CCC3(CC2)OCCO3)c2cn(C)nc12. The standard InChI is InChI=1S/C18H20N2O4/c1-20-11-15-13(3-4-14(16(15)19-20)17(21)22-2)12-5-7-18(8-6-12)23-9-10-24-18/h3-5,11H,6-10H2,1-2H3. The molecule has 1 aliphatic carbocycles. The number of allylic oxidation sites excluding steroid dienone is 1. The molecule has 0 radical (unpaired) electrons. The van der Waals surface area contributed by atoms with E-state index < -0.39 is 5.79 Å². The summed E-state index contributed by atoms with van der Waals surface area (Å²) in [7, 11) is 3.24. The van der Waals surface area contributed by atoms with E-state index in [1.165, 1.54) is 12.7 Å². The molecule has 0 atom stereocenters. The Balaban J connectivity index is 1.75. The fourth-order valence-electron chi connectivity index (χ4n) is 3.59. The third-order valence-corrected chi connectivity index (χ3v) is 4.79. The van der Waals surface area contributed by atoms with Gasteiger partial charge in [-0.15, -0.1) is 0 Å². The third-order valence-electron chi connectivity index (χ3n) is 4.79. The molecule has 2 heterocycles. The van der Waals surface area contributed by atoms with Gasteiger partial charge in [0.2, 0.25) is 0 Å². The monoisotopic (exact) mass is 328 g/mol. The van der Waals surface area contributed by atoms with Gasteiger partial charge in [0.15, 0.2) is 5.79 Å². The normalized spacial score (nSPS) is 19.7. The number of carbonyl (C=O) groups excluding carboxylic acids is 1. The van der Waals surface area contributed by atoms with Crippen molar-refractivity contribution in [3.63, 3.8) is 0 Å². The predicted molar refractivity (Wildman–Crippen MR) is 88.5 cm³/mol. The van der Waals surface area contributed by atoms with Gasteiger partial charge in [-0.05, 0) is 23.6 Å². The molecule has 4 rings (SSSR count). The van der Waals surface area contributed by atoms with E-state index in [1.807, 2.05) is 19.3 Å². The minimum Gasteiger partial charge on any atom is -0.465 e. The Morgan fingerprint density at radius 2 is 2.12 bits per heavy atom. The van der Waals surface area contributed by atoms with Crippen molar-refractivity contribution in [3.05, 3.63) is 35.5 Å². The lowest BCUT2D eigenvalue weighted by Gasteiger charge is -2.30. The third kappa shape index (κ3) is 2.42. The van der Waals surface area contributed by atoms with Crippen molar-refractivity contribution in [2.24, 2.45) is 7.05 Å². The molecule has 1 saturated heterocycles. The predicted octanol–water partition coefficient (Wildman–Crippen LogP) is 2.67. The molecule has 126 valence electrons. The van der Waals surface area contributed by atoms with Crippen LogP contribution in [0.25, 0.3) is 16.5 Å². The maximum absolute atomic E-state index is 12.0. The van der Waals surface area contributed by atoms with Crippen LogP contribution >= 0.6 is 0 Å². The van der Waals surface area contributed by atoms with E-state index in [2.05, 4.69) is 11.2 Å². The smallest absolute Gasteiger partial charge is 0.340 e. The van der Waals surface area contributed by atoms with Gasteiger partial charge in [-0.2, -0.15) is 5.10 Å². The Hall–Kier alpha value is -2.18. The number of hydrogen-bond donors (Lipinski definition) is 0. The molecule has 1 aromatic heterocycles. The van der Waals surface area contributed by atoms with E-state index in [4.69, 9.17) is 14.2 Å². The zero-order valence-electron chi connectivity index (χ0n) is 13.9. The lowest BCUT2D eigenvalue weighted by molar-refractivity contribution is -0.159. The lowest BCUT2D eigenvalue weighted by atomic mass is 9.88.